The van der Waals surface area contributed by atoms with Crippen molar-refractivity contribution < 1.29 is 14.5 Å². The molecule has 8 heteroatoms. The van der Waals surface area contributed by atoms with Gasteiger partial charge in [-0.15, -0.1) is 0 Å². The summed E-state index contributed by atoms with van der Waals surface area (Å²) >= 11 is 0. The number of rotatable bonds is 5. The highest BCUT2D eigenvalue weighted by atomic mass is 16.5. The molecule has 0 unspecified atom stereocenters. The van der Waals surface area contributed by atoms with E-state index in [2.05, 4.69) is 25.1 Å². The summed E-state index contributed by atoms with van der Waals surface area (Å²) in [6, 6.07) is 6.39. The number of amides is 1. The van der Waals surface area contributed by atoms with Crippen molar-refractivity contribution in [1.29, 1.82) is 0 Å². The number of aromatic nitrogens is 2. The van der Waals surface area contributed by atoms with E-state index in [9.17, 15) is 4.79 Å². The van der Waals surface area contributed by atoms with Crippen molar-refractivity contribution in [3.8, 4) is 0 Å². The first-order valence-corrected chi connectivity index (χ1v) is 5.82. The predicted octanol–water partition coefficient (Wildman–Crippen LogP) is 0.137. The molecule has 104 valence electrons. The maximum absolute atomic E-state index is 11.8. The SMILES string of the molecule is N/C(=N/O)c1ccc(C(=O)NCCc2ncon2)cc1. The van der Waals surface area contributed by atoms with Crippen molar-refractivity contribution in [2.24, 2.45) is 10.9 Å². The molecule has 1 aromatic carbocycles. The fraction of sp³-hybridized carbons (Fsp3) is 0.167. The molecule has 1 amide bonds. The third-order valence-electron chi connectivity index (χ3n) is 2.59. The zero-order valence-electron chi connectivity index (χ0n) is 10.5. The van der Waals surface area contributed by atoms with Gasteiger partial charge in [0.15, 0.2) is 11.7 Å². The Bertz CT molecular complexity index is 592. The Balaban J connectivity index is 1.89. The van der Waals surface area contributed by atoms with Crippen molar-refractivity contribution in [2.75, 3.05) is 6.54 Å². The van der Waals surface area contributed by atoms with Gasteiger partial charge in [-0.3, -0.25) is 4.79 Å². The molecular weight excluding hydrogens is 262 g/mol. The molecule has 8 nitrogen and oxygen atoms in total. The lowest BCUT2D eigenvalue weighted by molar-refractivity contribution is 0.0954. The van der Waals surface area contributed by atoms with E-state index in [1.54, 1.807) is 24.3 Å². The number of benzene rings is 1. The van der Waals surface area contributed by atoms with Crippen LogP contribution in [0.3, 0.4) is 0 Å². The molecular formula is C12H13N5O3. The van der Waals surface area contributed by atoms with Gasteiger partial charge in [0.1, 0.15) is 0 Å². The smallest absolute Gasteiger partial charge is 0.251 e. The molecule has 0 aliphatic heterocycles. The van der Waals surface area contributed by atoms with Gasteiger partial charge in [-0.05, 0) is 12.1 Å². The number of amidine groups is 1. The number of carbonyl (C=O) groups is 1. The van der Waals surface area contributed by atoms with E-state index in [-0.39, 0.29) is 11.7 Å². The van der Waals surface area contributed by atoms with Crippen LogP contribution in [0.15, 0.2) is 40.3 Å². The highest BCUT2D eigenvalue weighted by Crippen LogP contribution is 2.04. The Labute approximate surface area is 114 Å². The Hall–Kier alpha value is -2.90. The molecule has 0 spiro atoms. The van der Waals surface area contributed by atoms with Crippen molar-refractivity contribution in [3.05, 3.63) is 47.6 Å². The number of carbonyl (C=O) groups excluding carboxylic acids is 1. The largest absolute Gasteiger partial charge is 0.409 e. The highest BCUT2D eigenvalue weighted by Gasteiger charge is 2.07. The van der Waals surface area contributed by atoms with Gasteiger partial charge in [-0.1, -0.05) is 22.4 Å². The van der Waals surface area contributed by atoms with Crippen LogP contribution in [0.25, 0.3) is 0 Å². The summed E-state index contributed by atoms with van der Waals surface area (Å²) in [5.74, 6) is 0.307. The minimum atomic E-state index is -0.223. The van der Waals surface area contributed by atoms with Gasteiger partial charge in [0.05, 0.1) is 0 Å². The fourth-order valence-corrected chi connectivity index (χ4v) is 1.54. The van der Waals surface area contributed by atoms with Gasteiger partial charge in [0, 0.05) is 24.1 Å². The molecule has 0 aliphatic rings. The first-order chi connectivity index (χ1) is 9.70. The monoisotopic (exact) mass is 275 g/mol. The van der Waals surface area contributed by atoms with Crippen LogP contribution in [-0.4, -0.2) is 33.6 Å². The second-order valence-electron chi connectivity index (χ2n) is 3.92. The van der Waals surface area contributed by atoms with E-state index < -0.39 is 0 Å². The number of hydrogen-bond donors (Lipinski definition) is 3. The quantitative estimate of drug-likeness (QED) is 0.308. The van der Waals surface area contributed by atoms with Gasteiger partial charge in [0.2, 0.25) is 6.39 Å². The molecule has 1 aromatic heterocycles. The van der Waals surface area contributed by atoms with E-state index in [0.717, 1.165) is 0 Å². The predicted molar refractivity (Wildman–Crippen MR) is 69.3 cm³/mol. The second kappa shape index (κ2) is 6.32. The van der Waals surface area contributed by atoms with E-state index in [0.29, 0.717) is 29.9 Å². The molecule has 0 radical (unpaired) electrons. The second-order valence-corrected chi connectivity index (χ2v) is 3.92. The first kappa shape index (κ1) is 13.5. The molecule has 0 atom stereocenters. The average molecular weight is 275 g/mol. The van der Waals surface area contributed by atoms with Gasteiger partial charge in [-0.2, -0.15) is 4.98 Å². The molecule has 1 heterocycles. The number of oxime groups is 1. The van der Waals surface area contributed by atoms with E-state index >= 15 is 0 Å². The molecule has 20 heavy (non-hydrogen) atoms. The Kier molecular flexibility index (Phi) is 4.28. The number of nitrogens with one attached hydrogen (secondary N) is 1. The third-order valence-corrected chi connectivity index (χ3v) is 2.59. The van der Waals surface area contributed by atoms with Crippen LogP contribution >= 0.6 is 0 Å². The maximum Gasteiger partial charge on any atom is 0.251 e. The lowest BCUT2D eigenvalue weighted by Crippen LogP contribution is -2.26. The van der Waals surface area contributed by atoms with Crippen molar-refractivity contribution in [2.45, 2.75) is 6.42 Å². The van der Waals surface area contributed by atoms with Crippen LogP contribution in [0, 0.1) is 0 Å². The minimum Gasteiger partial charge on any atom is -0.409 e. The standard InChI is InChI=1S/C12H13N5O3/c13-11(16-19)8-1-3-9(4-2-8)12(18)14-6-5-10-15-7-20-17-10/h1-4,7,19H,5-6H2,(H2,13,16)(H,14,18). The Morgan fingerprint density at radius 1 is 1.35 bits per heavy atom. The van der Waals surface area contributed by atoms with E-state index in [4.69, 9.17) is 10.9 Å². The molecule has 4 N–H and O–H groups in total. The first-order valence-electron chi connectivity index (χ1n) is 5.82. The summed E-state index contributed by atoms with van der Waals surface area (Å²) in [5, 5.41) is 17.8. The number of hydrogen-bond acceptors (Lipinski definition) is 6. The number of nitrogens with zero attached hydrogens (tertiary/aromatic N) is 3. The summed E-state index contributed by atoms with van der Waals surface area (Å²) in [6.45, 7) is 0.403. The van der Waals surface area contributed by atoms with Crippen LogP contribution in [0.1, 0.15) is 21.7 Å². The van der Waals surface area contributed by atoms with Crippen molar-refractivity contribution in [3.63, 3.8) is 0 Å². The van der Waals surface area contributed by atoms with E-state index in [1.807, 2.05) is 0 Å². The normalized spacial score (nSPS) is 11.3. The molecule has 0 saturated carbocycles. The molecule has 0 saturated heterocycles. The Morgan fingerprint density at radius 3 is 2.65 bits per heavy atom. The number of nitrogens with two attached hydrogens (primary N) is 1. The zero-order valence-corrected chi connectivity index (χ0v) is 10.5. The zero-order chi connectivity index (χ0) is 14.4. The van der Waals surface area contributed by atoms with Gasteiger partial charge >= 0.3 is 0 Å². The highest BCUT2D eigenvalue weighted by molar-refractivity contribution is 5.99. The molecule has 0 aliphatic carbocycles. The van der Waals surface area contributed by atoms with E-state index in [1.165, 1.54) is 6.39 Å². The fourth-order valence-electron chi connectivity index (χ4n) is 1.54. The maximum atomic E-state index is 11.8. The van der Waals surface area contributed by atoms with Crippen LogP contribution < -0.4 is 11.1 Å². The summed E-state index contributed by atoms with van der Waals surface area (Å²) in [4.78, 5) is 15.7. The molecule has 0 fully saturated rings. The molecule has 2 aromatic rings. The topological polar surface area (TPSA) is 127 Å². The lowest BCUT2D eigenvalue weighted by Gasteiger charge is -2.04. The van der Waals surface area contributed by atoms with Crippen LogP contribution in [-0.2, 0) is 6.42 Å². The van der Waals surface area contributed by atoms with Crippen LogP contribution in [0.2, 0.25) is 0 Å². The molecule has 2 rings (SSSR count). The summed E-state index contributed by atoms with van der Waals surface area (Å²) in [6.07, 6.45) is 1.73. The van der Waals surface area contributed by atoms with Gasteiger partial charge < -0.3 is 20.8 Å². The lowest BCUT2D eigenvalue weighted by atomic mass is 10.1. The third kappa shape index (κ3) is 3.31. The van der Waals surface area contributed by atoms with Gasteiger partial charge in [0.25, 0.3) is 5.91 Å². The average Bonchev–Trinajstić information content (AvgIpc) is 2.99. The van der Waals surface area contributed by atoms with Crippen molar-refractivity contribution in [1.82, 2.24) is 15.5 Å². The molecule has 0 bridgehead atoms. The van der Waals surface area contributed by atoms with Crippen LogP contribution in [0.5, 0.6) is 0 Å². The van der Waals surface area contributed by atoms with Crippen molar-refractivity contribution >= 4 is 11.7 Å². The summed E-state index contributed by atoms with van der Waals surface area (Å²) in [5.41, 5.74) is 6.45. The van der Waals surface area contributed by atoms with Crippen LogP contribution in [0.4, 0.5) is 0 Å². The minimum absolute atomic E-state index is 0.00550. The summed E-state index contributed by atoms with van der Waals surface area (Å²) in [7, 11) is 0. The Morgan fingerprint density at radius 2 is 2.05 bits per heavy atom. The summed E-state index contributed by atoms with van der Waals surface area (Å²) < 4.78 is 4.59. The van der Waals surface area contributed by atoms with Gasteiger partial charge in [-0.25, -0.2) is 0 Å².